The fraction of sp³-hybridized carbons (Fsp3) is 0.571. The van der Waals surface area contributed by atoms with E-state index >= 15 is 0 Å². The van der Waals surface area contributed by atoms with E-state index in [0.717, 1.165) is 18.5 Å². The van der Waals surface area contributed by atoms with E-state index in [9.17, 15) is 4.79 Å². The van der Waals surface area contributed by atoms with Gasteiger partial charge in [-0.15, -0.1) is 5.10 Å². The van der Waals surface area contributed by atoms with Gasteiger partial charge in [-0.2, -0.15) is 0 Å². The lowest BCUT2D eigenvalue weighted by Crippen LogP contribution is -2.28. The van der Waals surface area contributed by atoms with Gasteiger partial charge in [0.15, 0.2) is 0 Å². The molecule has 5 nitrogen and oxygen atoms in total. The molecule has 1 amide bonds. The topological polar surface area (TPSA) is 66.3 Å². The predicted octanol–water partition coefficient (Wildman–Crippen LogP) is 1.35. The van der Waals surface area contributed by atoms with Crippen LogP contribution >= 0.6 is 11.5 Å². The van der Waals surface area contributed by atoms with Gasteiger partial charge in [-0.3, -0.25) is 4.90 Å². The second-order valence-electron chi connectivity index (χ2n) is 2.96. The highest BCUT2D eigenvalue weighted by Gasteiger charge is 2.31. The zero-order chi connectivity index (χ0) is 9.26. The minimum Gasteiger partial charge on any atom is -0.465 e. The molecule has 1 N–H and O–H groups in total. The van der Waals surface area contributed by atoms with E-state index in [4.69, 9.17) is 5.11 Å². The van der Waals surface area contributed by atoms with Gasteiger partial charge in [-0.05, 0) is 24.4 Å². The van der Waals surface area contributed by atoms with Crippen molar-refractivity contribution in [2.24, 2.45) is 0 Å². The summed E-state index contributed by atoms with van der Waals surface area (Å²) < 4.78 is 3.73. The molecular formula is C7H9N3O2S. The first-order valence-electron chi connectivity index (χ1n) is 4.05. The first-order chi connectivity index (χ1) is 6.29. The molecule has 1 aliphatic rings. The normalized spacial score (nSPS) is 22.2. The molecule has 0 radical (unpaired) electrons. The van der Waals surface area contributed by atoms with Crippen molar-refractivity contribution in [3.8, 4) is 0 Å². The van der Waals surface area contributed by atoms with Crippen LogP contribution in [0.1, 0.15) is 24.6 Å². The third-order valence-electron chi connectivity index (χ3n) is 2.22. The number of carbonyl (C=O) groups is 1. The van der Waals surface area contributed by atoms with E-state index in [1.54, 1.807) is 0 Å². The average molecular weight is 199 g/mol. The molecule has 1 aromatic heterocycles. The Balaban J connectivity index is 2.19. The van der Waals surface area contributed by atoms with Crippen LogP contribution in [0.3, 0.4) is 0 Å². The highest BCUT2D eigenvalue weighted by atomic mass is 32.1. The van der Waals surface area contributed by atoms with Crippen molar-refractivity contribution in [3.63, 3.8) is 0 Å². The van der Waals surface area contributed by atoms with Crippen LogP contribution in [0, 0.1) is 0 Å². The van der Waals surface area contributed by atoms with Crippen LogP contribution < -0.4 is 0 Å². The summed E-state index contributed by atoms with van der Waals surface area (Å²) in [6.45, 7) is 0.609. The standard InChI is InChI=1S/C7H9N3O2S/c11-7(12)10-3-1-2-6(10)5-4-13-9-8-5/h4,6H,1-3H2,(H,11,12). The lowest BCUT2D eigenvalue weighted by molar-refractivity contribution is 0.139. The number of nitrogens with zero attached hydrogens (tertiary/aromatic N) is 3. The lowest BCUT2D eigenvalue weighted by atomic mass is 10.2. The molecule has 1 fully saturated rings. The average Bonchev–Trinajstić information content (AvgIpc) is 2.74. The molecule has 1 aromatic rings. The lowest BCUT2D eigenvalue weighted by Gasteiger charge is -2.18. The maximum absolute atomic E-state index is 10.8. The molecule has 0 saturated carbocycles. The summed E-state index contributed by atoms with van der Waals surface area (Å²) >= 11 is 1.26. The Hall–Kier alpha value is -1.17. The van der Waals surface area contributed by atoms with Gasteiger partial charge in [-0.25, -0.2) is 4.79 Å². The monoisotopic (exact) mass is 199 g/mol. The van der Waals surface area contributed by atoms with Gasteiger partial charge < -0.3 is 5.11 Å². The molecule has 13 heavy (non-hydrogen) atoms. The quantitative estimate of drug-likeness (QED) is 0.741. The van der Waals surface area contributed by atoms with Crippen molar-refractivity contribution < 1.29 is 9.90 Å². The minimum atomic E-state index is -0.865. The number of carboxylic acid groups (broad SMARTS) is 1. The second-order valence-corrected chi connectivity index (χ2v) is 3.57. The van der Waals surface area contributed by atoms with Crippen molar-refractivity contribution in [1.82, 2.24) is 14.5 Å². The van der Waals surface area contributed by atoms with Crippen LogP contribution in [0.2, 0.25) is 0 Å². The van der Waals surface area contributed by atoms with Crippen molar-refractivity contribution in [3.05, 3.63) is 11.1 Å². The maximum atomic E-state index is 10.8. The highest BCUT2D eigenvalue weighted by Crippen LogP contribution is 2.30. The molecule has 0 aliphatic carbocycles. The smallest absolute Gasteiger partial charge is 0.407 e. The van der Waals surface area contributed by atoms with Gasteiger partial charge in [-0.1, -0.05) is 4.49 Å². The Bertz CT molecular complexity index is 301. The predicted molar refractivity (Wildman–Crippen MR) is 46.6 cm³/mol. The van der Waals surface area contributed by atoms with E-state index in [-0.39, 0.29) is 6.04 Å². The van der Waals surface area contributed by atoms with E-state index < -0.39 is 6.09 Å². The molecular weight excluding hydrogens is 190 g/mol. The van der Waals surface area contributed by atoms with Crippen molar-refractivity contribution in [2.45, 2.75) is 18.9 Å². The van der Waals surface area contributed by atoms with Crippen molar-refractivity contribution in [1.29, 1.82) is 0 Å². The van der Waals surface area contributed by atoms with Crippen LogP contribution in [0.5, 0.6) is 0 Å². The molecule has 2 rings (SSSR count). The summed E-state index contributed by atoms with van der Waals surface area (Å²) in [5.74, 6) is 0. The van der Waals surface area contributed by atoms with Gasteiger partial charge in [0.25, 0.3) is 0 Å². The zero-order valence-electron chi connectivity index (χ0n) is 6.88. The number of hydrogen-bond donors (Lipinski definition) is 1. The third kappa shape index (κ3) is 1.49. The number of amides is 1. The molecule has 1 atom stereocenters. The summed E-state index contributed by atoms with van der Waals surface area (Å²) in [5.41, 5.74) is 0.782. The van der Waals surface area contributed by atoms with Gasteiger partial charge in [0.2, 0.25) is 0 Å². The molecule has 1 aliphatic heterocycles. The van der Waals surface area contributed by atoms with Gasteiger partial charge in [0.1, 0.15) is 0 Å². The van der Waals surface area contributed by atoms with Crippen LogP contribution in [0.25, 0.3) is 0 Å². The van der Waals surface area contributed by atoms with Crippen molar-refractivity contribution >= 4 is 17.6 Å². The van der Waals surface area contributed by atoms with E-state index in [1.165, 1.54) is 16.4 Å². The number of aromatic nitrogens is 2. The number of hydrogen-bond acceptors (Lipinski definition) is 4. The highest BCUT2D eigenvalue weighted by molar-refractivity contribution is 7.03. The van der Waals surface area contributed by atoms with Crippen LogP contribution in [-0.4, -0.2) is 32.2 Å². The molecule has 0 spiro atoms. The summed E-state index contributed by atoms with van der Waals surface area (Å²) in [5, 5.41) is 14.6. The first kappa shape index (κ1) is 8.43. The van der Waals surface area contributed by atoms with Crippen LogP contribution in [-0.2, 0) is 0 Å². The molecule has 1 unspecified atom stereocenters. The SMILES string of the molecule is O=C(O)N1CCCC1c1csnn1. The maximum Gasteiger partial charge on any atom is 0.407 e. The summed E-state index contributed by atoms with van der Waals surface area (Å²) in [7, 11) is 0. The third-order valence-corrected chi connectivity index (χ3v) is 2.74. The Morgan fingerprint density at radius 2 is 2.62 bits per heavy atom. The summed E-state index contributed by atoms with van der Waals surface area (Å²) in [6.07, 6.45) is 0.905. The molecule has 1 saturated heterocycles. The van der Waals surface area contributed by atoms with Gasteiger partial charge >= 0.3 is 6.09 Å². The minimum absolute atomic E-state index is 0.0729. The summed E-state index contributed by atoms with van der Waals surface area (Å²) in [4.78, 5) is 12.2. The Kier molecular flexibility index (Phi) is 2.13. The Labute approximate surface area is 79.2 Å². The molecule has 6 heteroatoms. The van der Waals surface area contributed by atoms with E-state index in [0.29, 0.717) is 6.54 Å². The Morgan fingerprint density at radius 3 is 3.23 bits per heavy atom. The van der Waals surface area contributed by atoms with Gasteiger partial charge in [0.05, 0.1) is 11.7 Å². The largest absolute Gasteiger partial charge is 0.465 e. The molecule has 2 heterocycles. The molecule has 0 aromatic carbocycles. The zero-order valence-corrected chi connectivity index (χ0v) is 7.70. The second kappa shape index (κ2) is 3.29. The van der Waals surface area contributed by atoms with Crippen LogP contribution in [0.4, 0.5) is 4.79 Å². The molecule has 0 bridgehead atoms. The fourth-order valence-corrected chi connectivity index (χ4v) is 2.12. The summed E-state index contributed by atoms with van der Waals surface area (Å²) in [6, 6.07) is -0.0729. The van der Waals surface area contributed by atoms with E-state index in [2.05, 4.69) is 9.59 Å². The van der Waals surface area contributed by atoms with Gasteiger partial charge in [0, 0.05) is 11.9 Å². The van der Waals surface area contributed by atoms with E-state index in [1.807, 2.05) is 5.38 Å². The molecule has 70 valence electrons. The van der Waals surface area contributed by atoms with Crippen LogP contribution in [0.15, 0.2) is 5.38 Å². The number of rotatable bonds is 1. The Morgan fingerprint density at radius 1 is 1.77 bits per heavy atom. The fourth-order valence-electron chi connectivity index (χ4n) is 1.62. The first-order valence-corrected chi connectivity index (χ1v) is 4.89. The van der Waals surface area contributed by atoms with Crippen molar-refractivity contribution in [2.75, 3.05) is 6.54 Å². The number of likely N-dealkylation sites (tertiary alicyclic amines) is 1.